The van der Waals surface area contributed by atoms with Crippen molar-refractivity contribution in [2.45, 2.75) is 101 Å². The van der Waals surface area contributed by atoms with E-state index in [1.165, 1.54) is 68.4 Å². The van der Waals surface area contributed by atoms with E-state index < -0.39 is 0 Å². The highest BCUT2D eigenvalue weighted by Crippen LogP contribution is 2.49. The highest BCUT2D eigenvalue weighted by Gasteiger charge is 2.52. The summed E-state index contributed by atoms with van der Waals surface area (Å²) in [5, 5.41) is 0. The molecule has 0 aromatic rings. The van der Waals surface area contributed by atoms with Crippen molar-refractivity contribution in [3.8, 4) is 0 Å². The van der Waals surface area contributed by atoms with Crippen molar-refractivity contribution >= 4 is 17.8 Å². The summed E-state index contributed by atoms with van der Waals surface area (Å²) >= 11 is 0. The molecule has 206 valence electrons. The van der Waals surface area contributed by atoms with Gasteiger partial charge in [0.25, 0.3) is 11.8 Å². The van der Waals surface area contributed by atoms with E-state index in [4.69, 9.17) is 14.2 Å². The first-order valence-corrected chi connectivity index (χ1v) is 14.7. The Kier molecular flexibility index (Phi) is 8.98. The normalized spacial score (nSPS) is 36.4. The molecule has 2 aliphatic heterocycles. The summed E-state index contributed by atoms with van der Waals surface area (Å²) in [4.78, 5) is 40.5. The number of piperidine rings is 1. The van der Waals surface area contributed by atoms with Crippen LogP contribution in [0.4, 0.5) is 0 Å². The Bertz CT molecular complexity index is 811. The standard InChI is InChI=1S/C29H44N2O6/c1-30-24-8-4-2-6-22(24)28(23-7-3-5-9-25(23)30)29(34)37-21-12-10-20(11-13-21)36-19-18-35-17-16-31-26(32)14-15-27(31)33/h14-15,20-25,28H,2-13,16-19H2,1H3. The van der Waals surface area contributed by atoms with Crippen LogP contribution in [0.25, 0.3) is 0 Å². The second-order valence-corrected chi connectivity index (χ2v) is 11.7. The SMILES string of the molecule is CN1C2CCCCC2C(C(=O)OC2CCC(OCCOCCN3C(=O)C=CC3=O)CC2)C2CCCCC21. The van der Waals surface area contributed by atoms with Gasteiger partial charge in [0.15, 0.2) is 0 Å². The van der Waals surface area contributed by atoms with Gasteiger partial charge in [-0.05, 0) is 70.3 Å². The lowest BCUT2D eigenvalue weighted by Gasteiger charge is -2.55. The number of amides is 2. The molecule has 3 aliphatic carbocycles. The van der Waals surface area contributed by atoms with Crippen LogP contribution in [0.15, 0.2) is 12.2 Å². The molecule has 2 heterocycles. The van der Waals surface area contributed by atoms with E-state index in [2.05, 4.69) is 11.9 Å². The van der Waals surface area contributed by atoms with Crippen LogP contribution in [-0.4, -0.2) is 85.3 Å². The number of fused-ring (bicyclic) bond motifs is 2. The summed E-state index contributed by atoms with van der Waals surface area (Å²) in [6, 6.07) is 1.09. The van der Waals surface area contributed by atoms with Gasteiger partial charge in [-0.25, -0.2) is 0 Å². The third-order valence-electron chi connectivity index (χ3n) is 9.65. The molecule has 1 saturated heterocycles. The molecule has 0 radical (unpaired) electrons. The fraction of sp³-hybridized carbons (Fsp3) is 0.828. The highest BCUT2D eigenvalue weighted by molar-refractivity contribution is 6.12. The molecule has 4 atom stereocenters. The zero-order chi connectivity index (χ0) is 25.8. The maximum atomic E-state index is 13.6. The molecule has 0 spiro atoms. The molecular formula is C29H44N2O6. The van der Waals surface area contributed by atoms with Gasteiger partial charge in [-0.1, -0.05) is 25.7 Å². The number of carbonyl (C=O) groups is 3. The van der Waals surface area contributed by atoms with E-state index >= 15 is 0 Å². The van der Waals surface area contributed by atoms with Crippen molar-refractivity contribution in [1.82, 2.24) is 9.80 Å². The minimum atomic E-state index is -0.282. The maximum absolute atomic E-state index is 13.6. The van der Waals surface area contributed by atoms with Crippen LogP contribution in [0, 0.1) is 17.8 Å². The second kappa shape index (κ2) is 12.4. The summed E-state index contributed by atoms with van der Waals surface area (Å²) < 4.78 is 17.8. The fourth-order valence-corrected chi connectivity index (χ4v) is 7.78. The Labute approximate surface area is 221 Å². The Morgan fingerprint density at radius 3 is 1.97 bits per heavy atom. The van der Waals surface area contributed by atoms with Crippen LogP contribution in [0.2, 0.25) is 0 Å². The molecule has 8 heteroatoms. The largest absolute Gasteiger partial charge is 0.462 e. The molecule has 8 nitrogen and oxygen atoms in total. The van der Waals surface area contributed by atoms with Crippen molar-refractivity contribution in [3.63, 3.8) is 0 Å². The number of ether oxygens (including phenoxy) is 3. The quantitative estimate of drug-likeness (QED) is 0.264. The smallest absolute Gasteiger partial charge is 0.309 e. The molecule has 4 unspecified atom stereocenters. The lowest BCUT2D eigenvalue weighted by molar-refractivity contribution is -0.172. The van der Waals surface area contributed by atoms with E-state index in [-0.39, 0.29) is 42.5 Å². The number of carbonyl (C=O) groups excluding carboxylic acids is 3. The number of hydrogen-bond donors (Lipinski definition) is 0. The Hall–Kier alpha value is -1.77. The van der Waals surface area contributed by atoms with Crippen molar-refractivity contribution in [3.05, 3.63) is 12.2 Å². The molecule has 2 amide bonds. The number of hydrogen-bond acceptors (Lipinski definition) is 7. The van der Waals surface area contributed by atoms with E-state index in [0.717, 1.165) is 25.7 Å². The van der Waals surface area contributed by atoms with Crippen LogP contribution < -0.4 is 0 Å². The first-order chi connectivity index (χ1) is 18.0. The number of likely N-dealkylation sites (tertiary alicyclic amines) is 1. The van der Waals surface area contributed by atoms with Gasteiger partial charge in [0, 0.05) is 24.2 Å². The number of imide groups is 1. The van der Waals surface area contributed by atoms with Gasteiger partial charge in [0.2, 0.25) is 0 Å². The summed E-state index contributed by atoms with van der Waals surface area (Å²) in [5.74, 6) is 0.529. The molecule has 3 saturated carbocycles. The van der Waals surface area contributed by atoms with Crippen LogP contribution in [-0.2, 0) is 28.6 Å². The zero-order valence-corrected chi connectivity index (χ0v) is 22.4. The zero-order valence-electron chi connectivity index (χ0n) is 22.4. The van der Waals surface area contributed by atoms with Gasteiger partial charge in [-0.15, -0.1) is 0 Å². The molecule has 37 heavy (non-hydrogen) atoms. The molecule has 4 fully saturated rings. The minimum absolute atomic E-state index is 0.0106. The summed E-state index contributed by atoms with van der Waals surface area (Å²) in [5.41, 5.74) is 0. The van der Waals surface area contributed by atoms with Gasteiger partial charge >= 0.3 is 5.97 Å². The van der Waals surface area contributed by atoms with E-state index in [1.807, 2.05) is 0 Å². The van der Waals surface area contributed by atoms with E-state index in [9.17, 15) is 14.4 Å². The predicted octanol–water partition coefficient (Wildman–Crippen LogP) is 3.48. The Morgan fingerprint density at radius 1 is 0.784 bits per heavy atom. The van der Waals surface area contributed by atoms with Crippen LogP contribution in [0.5, 0.6) is 0 Å². The Balaban J connectivity index is 1.02. The number of esters is 1. The van der Waals surface area contributed by atoms with Gasteiger partial charge in [-0.2, -0.15) is 0 Å². The summed E-state index contributed by atoms with van der Waals surface area (Å²) in [6.45, 7) is 1.49. The number of nitrogens with zero attached hydrogens (tertiary/aromatic N) is 2. The van der Waals surface area contributed by atoms with Gasteiger partial charge in [0.1, 0.15) is 6.10 Å². The molecule has 5 rings (SSSR count). The predicted molar refractivity (Wildman–Crippen MR) is 138 cm³/mol. The average Bonchev–Trinajstić information content (AvgIpc) is 3.24. The third kappa shape index (κ3) is 6.12. The first-order valence-electron chi connectivity index (χ1n) is 14.7. The van der Waals surface area contributed by atoms with Gasteiger partial charge < -0.3 is 14.2 Å². The minimum Gasteiger partial charge on any atom is -0.462 e. The summed E-state index contributed by atoms with van der Waals surface area (Å²) in [7, 11) is 2.31. The lowest BCUT2D eigenvalue weighted by atomic mass is 9.62. The van der Waals surface area contributed by atoms with Gasteiger partial charge in [0.05, 0.1) is 38.4 Å². The van der Waals surface area contributed by atoms with Crippen LogP contribution >= 0.6 is 0 Å². The van der Waals surface area contributed by atoms with Crippen molar-refractivity contribution in [2.75, 3.05) is 33.4 Å². The highest BCUT2D eigenvalue weighted by atomic mass is 16.5. The number of rotatable bonds is 9. The van der Waals surface area contributed by atoms with Crippen molar-refractivity contribution in [2.24, 2.45) is 17.8 Å². The monoisotopic (exact) mass is 516 g/mol. The fourth-order valence-electron chi connectivity index (χ4n) is 7.78. The summed E-state index contributed by atoms with van der Waals surface area (Å²) in [6.07, 6.45) is 16.1. The lowest BCUT2D eigenvalue weighted by Crippen LogP contribution is -2.61. The van der Waals surface area contributed by atoms with Gasteiger partial charge in [-0.3, -0.25) is 24.2 Å². The second-order valence-electron chi connectivity index (χ2n) is 11.7. The molecular weight excluding hydrogens is 472 g/mol. The topological polar surface area (TPSA) is 85.4 Å². The van der Waals surface area contributed by atoms with Crippen LogP contribution in [0.3, 0.4) is 0 Å². The molecule has 0 N–H and O–H groups in total. The van der Waals surface area contributed by atoms with Crippen molar-refractivity contribution < 1.29 is 28.6 Å². The molecule has 0 bridgehead atoms. The van der Waals surface area contributed by atoms with E-state index in [1.54, 1.807) is 0 Å². The molecule has 5 aliphatic rings. The third-order valence-corrected chi connectivity index (χ3v) is 9.65. The first kappa shape index (κ1) is 26.8. The Morgan fingerprint density at radius 2 is 1.35 bits per heavy atom. The maximum Gasteiger partial charge on any atom is 0.309 e. The average molecular weight is 517 g/mol. The molecule has 0 aromatic heterocycles. The van der Waals surface area contributed by atoms with Crippen molar-refractivity contribution in [1.29, 1.82) is 0 Å². The van der Waals surface area contributed by atoms with Crippen LogP contribution in [0.1, 0.15) is 77.0 Å². The van der Waals surface area contributed by atoms with E-state index in [0.29, 0.717) is 43.7 Å². The molecule has 0 aromatic carbocycles.